The average molecular weight is 382 g/mol. The van der Waals surface area contributed by atoms with Gasteiger partial charge in [-0.15, -0.1) is 0 Å². The summed E-state index contributed by atoms with van der Waals surface area (Å²) in [6, 6.07) is 15.9. The molecule has 0 aliphatic carbocycles. The molecule has 1 amide bonds. The minimum atomic E-state index is -0.669. The van der Waals surface area contributed by atoms with Gasteiger partial charge < -0.3 is 15.1 Å². The van der Waals surface area contributed by atoms with Gasteiger partial charge in [-0.05, 0) is 74.3 Å². The molecule has 3 rings (SSSR count). The van der Waals surface area contributed by atoms with Crippen LogP contribution in [0.25, 0.3) is 0 Å². The number of rotatable bonds is 7. The molecule has 0 saturated carbocycles. The Kier molecular flexibility index (Phi) is 6.53. The molecule has 0 bridgehead atoms. The summed E-state index contributed by atoms with van der Waals surface area (Å²) < 4.78 is 0. The van der Waals surface area contributed by atoms with E-state index in [2.05, 4.69) is 12.1 Å². The molecule has 4 nitrogen and oxygen atoms in total. The van der Waals surface area contributed by atoms with Gasteiger partial charge >= 0.3 is 0 Å². The lowest BCUT2D eigenvalue weighted by Gasteiger charge is -2.18. The van der Waals surface area contributed by atoms with Crippen LogP contribution in [-0.4, -0.2) is 39.7 Å². The van der Waals surface area contributed by atoms with Gasteiger partial charge in [-0.2, -0.15) is 0 Å². The highest BCUT2D eigenvalue weighted by Gasteiger charge is 2.27. The fourth-order valence-corrected chi connectivity index (χ4v) is 3.74. The fraction of sp³-hybridized carbons (Fsp3) is 0.458. The number of aryl methyl sites for hydroxylation is 1. The minimum Gasteiger partial charge on any atom is -0.392 e. The normalized spacial score (nSPS) is 17.1. The van der Waals surface area contributed by atoms with E-state index in [0.717, 1.165) is 49.0 Å². The van der Waals surface area contributed by atoms with E-state index in [1.165, 1.54) is 5.56 Å². The first-order valence-corrected chi connectivity index (χ1v) is 10.1. The second-order valence-electron chi connectivity index (χ2n) is 8.59. The molecule has 1 aliphatic heterocycles. The molecule has 1 aliphatic rings. The molecule has 150 valence electrons. The lowest BCUT2D eigenvalue weighted by Crippen LogP contribution is -2.29. The molecule has 0 unspecified atom stereocenters. The van der Waals surface area contributed by atoms with Crippen LogP contribution in [0.15, 0.2) is 48.5 Å². The molecule has 2 N–H and O–H groups in total. The van der Waals surface area contributed by atoms with Crippen molar-refractivity contribution in [1.29, 1.82) is 0 Å². The van der Waals surface area contributed by atoms with Gasteiger partial charge in [0, 0.05) is 18.7 Å². The summed E-state index contributed by atoms with van der Waals surface area (Å²) in [6.07, 6.45) is 3.49. The zero-order chi connectivity index (χ0) is 20.1. The van der Waals surface area contributed by atoms with Crippen LogP contribution in [0.3, 0.4) is 0 Å². The Hall–Kier alpha value is -2.17. The Morgan fingerprint density at radius 1 is 1.04 bits per heavy atom. The van der Waals surface area contributed by atoms with Crippen molar-refractivity contribution in [2.75, 3.05) is 13.1 Å². The van der Waals surface area contributed by atoms with Crippen molar-refractivity contribution in [3.05, 3.63) is 70.8 Å². The molecule has 28 heavy (non-hydrogen) atoms. The Morgan fingerprint density at radius 2 is 1.64 bits per heavy atom. The molecule has 1 heterocycles. The van der Waals surface area contributed by atoms with Crippen molar-refractivity contribution in [3.8, 4) is 0 Å². The van der Waals surface area contributed by atoms with Crippen molar-refractivity contribution >= 4 is 5.91 Å². The number of hydrogen-bond acceptors (Lipinski definition) is 3. The van der Waals surface area contributed by atoms with Crippen molar-refractivity contribution in [2.45, 2.75) is 51.7 Å². The van der Waals surface area contributed by atoms with E-state index in [1.807, 2.05) is 55.1 Å². The summed E-state index contributed by atoms with van der Waals surface area (Å²) in [5.41, 5.74) is 3.40. The maximum Gasteiger partial charge on any atom is 0.253 e. The van der Waals surface area contributed by atoms with Gasteiger partial charge in [-0.1, -0.05) is 36.4 Å². The van der Waals surface area contributed by atoms with E-state index < -0.39 is 5.60 Å². The number of hydrogen-bond donors (Lipinski definition) is 2. The number of benzene rings is 2. The number of aliphatic hydroxyl groups is 2. The topological polar surface area (TPSA) is 60.8 Å². The zero-order valence-electron chi connectivity index (χ0n) is 16.9. The molecule has 2 aromatic rings. The van der Waals surface area contributed by atoms with Gasteiger partial charge in [-0.25, -0.2) is 0 Å². The third-order valence-electron chi connectivity index (χ3n) is 5.53. The number of likely N-dealkylation sites (tertiary alicyclic amines) is 1. The fourth-order valence-electron chi connectivity index (χ4n) is 3.74. The van der Waals surface area contributed by atoms with Crippen molar-refractivity contribution in [2.24, 2.45) is 5.92 Å². The molecule has 0 spiro atoms. The van der Waals surface area contributed by atoms with E-state index >= 15 is 0 Å². The van der Waals surface area contributed by atoms with Crippen LogP contribution in [0.2, 0.25) is 0 Å². The molecule has 1 fully saturated rings. The second kappa shape index (κ2) is 8.89. The number of amides is 1. The predicted molar refractivity (Wildman–Crippen MR) is 111 cm³/mol. The van der Waals surface area contributed by atoms with Gasteiger partial charge in [0.15, 0.2) is 0 Å². The van der Waals surface area contributed by atoms with Gasteiger partial charge in [0.25, 0.3) is 5.91 Å². The first-order chi connectivity index (χ1) is 13.3. The summed E-state index contributed by atoms with van der Waals surface area (Å²) in [5.74, 6) is 0.585. The molecule has 0 radical (unpaired) electrons. The van der Waals surface area contributed by atoms with E-state index in [9.17, 15) is 9.90 Å². The maximum atomic E-state index is 12.8. The zero-order valence-corrected chi connectivity index (χ0v) is 16.9. The largest absolute Gasteiger partial charge is 0.392 e. The quantitative estimate of drug-likeness (QED) is 0.771. The highest BCUT2D eigenvalue weighted by molar-refractivity contribution is 5.94. The van der Waals surface area contributed by atoms with E-state index in [1.54, 1.807) is 0 Å². The Morgan fingerprint density at radius 3 is 2.25 bits per heavy atom. The second-order valence-corrected chi connectivity index (χ2v) is 8.59. The van der Waals surface area contributed by atoms with Gasteiger partial charge in [0.2, 0.25) is 0 Å². The molecule has 1 saturated heterocycles. The number of carbonyl (C=O) groups is 1. The maximum absolute atomic E-state index is 12.8. The van der Waals surface area contributed by atoms with Crippen LogP contribution < -0.4 is 0 Å². The summed E-state index contributed by atoms with van der Waals surface area (Å²) in [5, 5.41) is 19.0. The third kappa shape index (κ3) is 5.66. The Labute approximate surface area is 167 Å². The first-order valence-electron chi connectivity index (χ1n) is 10.1. The van der Waals surface area contributed by atoms with Gasteiger partial charge in [0.05, 0.1) is 12.2 Å². The lowest BCUT2D eigenvalue weighted by atomic mass is 9.98. The molecule has 4 heteroatoms. The third-order valence-corrected chi connectivity index (χ3v) is 5.53. The van der Waals surface area contributed by atoms with Crippen molar-refractivity contribution in [3.63, 3.8) is 0 Å². The van der Waals surface area contributed by atoms with Crippen LogP contribution in [0.5, 0.6) is 0 Å². The van der Waals surface area contributed by atoms with Gasteiger partial charge in [0.1, 0.15) is 0 Å². The average Bonchev–Trinajstić information content (AvgIpc) is 3.15. The Bertz CT molecular complexity index is 775. The minimum absolute atomic E-state index is 0.0720. The van der Waals surface area contributed by atoms with Crippen LogP contribution >= 0.6 is 0 Å². The van der Waals surface area contributed by atoms with Crippen LogP contribution in [0, 0.1) is 5.92 Å². The highest BCUT2D eigenvalue weighted by Crippen LogP contribution is 2.23. The summed E-state index contributed by atoms with van der Waals surface area (Å²) in [7, 11) is 0. The Balaban J connectivity index is 1.53. The van der Waals surface area contributed by atoms with Crippen molar-refractivity contribution in [1.82, 2.24) is 4.90 Å². The first kappa shape index (κ1) is 20.6. The molecule has 1 atom stereocenters. The SMILES string of the molecule is CC(C)(O)CCc1ccc(C(=O)N2CC[C@H](Cc3ccc(CO)cc3)C2)cc1. The van der Waals surface area contributed by atoms with E-state index in [0.29, 0.717) is 12.3 Å². The molecule has 0 aromatic heterocycles. The van der Waals surface area contributed by atoms with Crippen LogP contribution in [0.1, 0.15) is 53.7 Å². The summed E-state index contributed by atoms with van der Waals surface area (Å²) >= 11 is 0. The monoisotopic (exact) mass is 381 g/mol. The van der Waals surface area contributed by atoms with Gasteiger partial charge in [-0.3, -0.25) is 4.79 Å². The summed E-state index contributed by atoms with van der Waals surface area (Å²) in [4.78, 5) is 14.8. The number of aliphatic hydroxyl groups excluding tert-OH is 1. The predicted octanol–water partition coefficient (Wildman–Crippen LogP) is 3.59. The smallest absolute Gasteiger partial charge is 0.253 e. The molecular weight excluding hydrogens is 350 g/mol. The number of nitrogens with zero attached hydrogens (tertiary/aromatic N) is 1. The summed E-state index contributed by atoms with van der Waals surface area (Å²) in [6.45, 7) is 5.30. The van der Waals surface area contributed by atoms with E-state index in [4.69, 9.17) is 5.11 Å². The highest BCUT2D eigenvalue weighted by atomic mass is 16.3. The van der Waals surface area contributed by atoms with Crippen LogP contribution in [0.4, 0.5) is 0 Å². The molecule has 2 aromatic carbocycles. The number of carbonyl (C=O) groups excluding carboxylic acids is 1. The van der Waals surface area contributed by atoms with Crippen molar-refractivity contribution < 1.29 is 15.0 Å². The standard InChI is InChI=1S/C24H31NO3/c1-24(2,28)13-11-18-7-9-22(10-8-18)23(27)25-14-12-21(16-25)15-19-3-5-20(17-26)6-4-19/h3-10,21,26,28H,11-17H2,1-2H3/t21-/m1/s1. The lowest BCUT2D eigenvalue weighted by molar-refractivity contribution is 0.0713. The van der Waals surface area contributed by atoms with E-state index in [-0.39, 0.29) is 12.5 Å². The molecular formula is C24H31NO3. The van der Waals surface area contributed by atoms with Crippen LogP contribution in [-0.2, 0) is 19.4 Å².